The molecule has 1 amide bonds. The number of non-ortho nitro benzene ring substituents is 1. The second-order valence-electron chi connectivity index (χ2n) is 4.75. The van der Waals surface area contributed by atoms with Gasteiger partial charge in [-0.3, -0.25) is 20.0 Å². The Morgan fingerprint density at radius 2 is 2.08 bits per heavy atom. The smallest absolute Gasteiger partial charge is 0.269 e. The van der Waals surface area contributed by atoms with Gasteiger partial charge in [0.1, 0.15) is 10.8 Å². The molecule has 9 heteroatoms. The Hall–Kier alpha value is -2.65. The number of anilines is 1. The molecule has 0 spiro atoms. The maximum Gasteiger partial charge on any atom is 0.269 e. The first-order valence-electron chi connectivity index (χ1n) is 6.81. The topological polar surface area (TPSA) is 101 Å². The van der Waals surface area contributed by atoms with E-state index in [1.165, 1.54) is 35.2 Å². The zero-order chi connectivity index (χ0) is 17.1. The Labute approximate surface area is 145 Å². The van der Waals surface area contributed by atoms with Crippen molar-refractivity contribution >= 4 is 40.5 Å². The Morgan fingerprint density at radius 1 is 1.33 bits per heavy atom. The minimum atomic E-state index is -0.451. The number of thioether (sulfide) groups is 1. The van der Waals surface area contributed by atoms with Gasteiger partial charge < -0.3 is 5.32 Å². The van der Waals surface area contributed by atoms with Gasteiger partial charge in [0.2, 0.25) is 0 Å². The van der Waals surface area contributed by atoms with Gasteiger partial charge in [0.15, 0.2) is 0 Å². The van der Waals surface area contributed by atoms with E-state index in [4.69, 9.17) is 0 Å². The van der Waals surface area contributed by atoms with Crippen LogP contribution in [-0.2, 0) is 0 Å². The molecule has 3 rings (SSSR count). The number of benzene rings is 1. The molecule has 0 radical (unpaired) electrons. The van der Waals surface area contributed by atoms with Crippen LogP contribution in [0, 0.1) is 10.1 Å². The van der Waals surface area contributed by atoms with Gasteiger partial charge in [-0.1, -0.05) is 0 Å². The Balaban J connectivity index is 1.96. The number of amides is 1. The first-order valence-corrected chi connectivity index (χ1v) is 8.97. The highest BCUT2D eigenvalue weighted by atomic mass is 32.2. The highest BCUT2D eigenvalue weighted by Gasteiger charge is 2.18. The van der Waals surface area contributed by atoms with Gasteiger partial charge in [0.05, 0.1) is 16.1 Å². The van der Waals surface area contributed by atoms with Crippen LogP contribution in [0.1, 0.15) is 10.4 Å². The van der Waals surface area contributed by atoms with Crippen molar-refractivity contribution in [2.75, 3.05) is 11.6 Å². The molecule has 0 aliphatic carbocycles. The fourth-order valence-corrected chi connectivity index (χ4v) is 3.36. The molecule has 122 valence electrons. The van der Waals surface area contributed by atoms with Crippen molar-refractivity contribution in [3.63, 3.8) is 0 Å². The van der Waals surface area contributed by atoms with Gasteiger partial charge in [0, 0.05) is 17.5 Å². The van der Waals surface area contributed by atoms with Crippen LogP contribution in [0.5, 0.6) is 0 Å². The molecule has 0 aliphatic rings. The molecule has 2 N–H and O–H groups in total. The summed E-state index contributed by atoms with van der Waals surface area (Å²) >= 11 is 2.86. The maximum absolute atomic E-state index is 12.3. The number of nitro groups is 1. The Bertz CT molecular complexity index is 873. The van der Waals surface area contributed by atoms with E-state index in [2.05, 4.69) is 15.5 Å². The normalized spacial score (nSPS) is 10.5. The molecule has 0 bridgehead atoms. The SMILES string of the molecule is CSc1n[nH]c(NC(=O)c2ccsc2)c1-c1ccc([N+](=O)[O-])cc1. The fourth-order valence-electron chi connectivity index (χ4n) is 2.16. The van der Waals surface area contributed by atoms with Gasteiger partial charge in [-0.2, -0.15) is 16.4 Å². The summed E-state index contributed by atoms with van der Waals surface area (Å²) in [6, 6.07) is 7.87. The number of thiophene rings is 1. The number of H-pyrrole nitrogens is 1. The summed E-state index contributed by atoms with van der Waals surface area (Å²) in [7, 11) is 0. The number of carbonyl (C=O) groups is 1. The summed E-state index contributed by atoms with van der Waals surface area (Å²) in [6.45, 7) is 0. The first-order chi connectivity index (χ1) is 11.6. The molecular weight excluding hydrogens is 348 g/mol. The van der Waals surface area contributed by atoms with E-state index in [9.17, 15) is 14.9 Å². The number of nitrogens with one attached hydrogen (secondary N) is 2. The van der Waals surface area contributed by atoms with Crippen molar-refractivity contribution in [2.24, 2.45) is 0 Å². The zero-order valence-electron chi connectivity index (χ0n) is 12.5. The molecule has 0 saturated heterocycles. The number of aromatic nitrogens is 2. The van der Waals surface area contributed by atoms with Crippen molar-refractivity contribution in [2.45, 2.75) is 5.03 Å². The molecule has 0 atom stereocenters. The molecule has 24 heavy (non-hydrogen) atoms. The predicted octanol–water partition coefficient (Wildman–Crippen LogP) is 4.02. The zero-order valence-corrected chi connectivity index (χ0v) is 14.1. The number of nitrogens with zero attached hydrogens (tertiary/aromatic N) is 2. The highest BCUT2D eigenvalue weighted by molar-refractivity contribution is 7.98. The molecule has 1 aromatic carbocycles. The van der Waals surface area contributed by atoms with Crippen LogP contribution in [0.2, 0.25) is 0 Å². The lowest BCUT2D eigenvalue weighted by atomic mass is 10.1. The quantitative estimate of drug-likeness (QED) is 0.406. The minimum absolute atomic E-state index is 0.0109. The third kappa shape index (κ3) is 3.17. The van der Waals surface area contributed by atoms with Gasteiger partial charge >= 0.3 is 0 Å². The van der Waals surface area contributed by atoms with Gasteiger partial charge in [-0.15, -0.1) is 11.8 Å². The van der Waals surface area contributed by atoms with Crippen LogP contribution < -0.4 is 5.32 Å². The van der Waals surface area contributed by atoms with Gasteiger partial charge in [0.25, 0.3) is 11.6 Å². The molecular formula is C15H12N4O3S2. The summed E-state index contributed by atoms with van der Waals surface area (Å²) in [6.07, 6.45) is 1.87. The monoisotopic (exact) mass is 360 g/mol. The minimum Gasteiger partial charge on any atom is -0.306 e. The summed E-state index contributed by atoms with van der Waals surface area (Å²) in [5.74, 6) is 0.222. The second-order valence-corrected chi connectivity index (χ2v) is 6.33. The Kier molecular flexibility index (Phi) is 4.63. The van der Waals surface area contributed by atoms with E-state index in [0.29, 0.717) is 22.0 Å². The summed E-state index contributed by atoms with van der Waals surface area (Å²) < 4.78 is 0. The molecule has 0 unspecified atom stereocenters. The first kappa shape index (κ1) is 16.2. The lowest BCUT2D eigenvalue weighted by Crippen LogP contribution is -2.11. The van der Waals surface area contributed by atoms with Crippen molar-refractivity contribution in [3.05, 3.63) is 56.8 Å². The average molecular weight is 360 g/mol. The summed E-state index contributed by atoms with van der Waals surface area (Å²) in [5.41, 5.74) is 2.02. The molecule has 0 saturated carbocycles. The van der Waals surface area contributed by atoms with Crippen LogP contribution in [0.4, 0.5) is 11.5 Å². The van der Waals surface area contributed by atoms with Crippen LogP contribution in [0.15, 0.2) is 46.1 Å². The largest absolute Gasteiger partial charge is 0.306 e. The van der Waals surface area contributed by atoms with Gasteiger partial charge in [-0.05, 0) is 35.4 Å². The molecule has 2 heterocycles. The Morgan fingerprint density at radius 3 is 2.67 bits per heavy atom. The molecule has 2 aromatic heterocycles. The lowest BCUT2D eigenvalue weighted by Gasteiger charge is -2.06. The van der Waals surface area contributed by atoms with Crippen molar-refractivity contribution in [1.29, 1.82) is 0 Å². The van der Waals surface area contributed by atoms with Crippen molar-refractivity contribution in [3.8, 4) is 11.1 Å². The van der Waals surface area contributed by atoms with Crippen molar-refractivity contribution < 1.29 is 9.72 Å². The van der Waals surface area contributed by atoms with Gasteiger partial charge in [-0.25, -0.2) is 0 Å². The standard InChI is InChI=1S/C15H12N4O3S2/c1-23-15-12(9-2-4-11(5-3-9)19(21)22)13(17-18-15)16-14(20)10-6-7-24-8-10/h2-8H,1H3,(H2,16,17,18,20). The van der Waals surface area contributed by atoms with Crippen LogP contribution >= 0.6 is 23.1 Å². The number of hydrogen-bond donors (Lipinski definition) is 2. The highest BCUT2D eigenvalue weighted by Crippen LogP contribution is 2.35. The summed E-state index contributed by atoms with van der Waals surface area (Å²) in [4.78, 5) is 22.6. The molecule has 3 aromatic rings. The van der Waals surface area contributed by atoms with E-state index >= 15 is 0 Å². The number of nitro benzene ring substituents is 1. The number of rotatable bonds is 5. The molecule has 0 aliphatic heterocycles. The average Bonchev–Trinajstić information content (AvgIpc) is 3.24. The van der Waals surface area contributed by atoms with E-state index < -0.39 is 4.92 Å². The van der Waals surface area contributed by atoms with Crippen LogP contribution in [-0.4, -0.2) is 27.3 Å². The third-order valence-electron chi connectivity index (χ3n) is 3.32. The van der Waals surface area contributed by atoms with Crippen LogP contribution in [0.3, 0.4) is 0 Å². The number of hydrogen-bond acceptors (Lipinski definition) is 6. The molecule has 0 fully saturated rings. The third-order valence-corrected chi connectivity index (χ3v) is 4.68. The van der Waals surface area contributed by atoms with E-state index in [1.54, 1.807) is 23.6 Å². The van der Waals surface area contributed by atoms with Crippen molar-refractivity contribution in [1.82, 2.24) is 10.2 Å². The number of carbonyl (C=O) groups excluding carboxylic acids is 1. The second kappa shape index (κ2) is 6.85. The lowest BCUT2D eigenvalue weighted by molar-refractivity contribution is -0.384. The number of aromatic amines is 1. The van der Waals surface area contributed by atoms with E-state index in [-0.39, 0.29) is 11.6 Å². The van der Waals surface area contributed by atoms with Crippen LogP contribution in [0.25, 0.3) is 11.1 Å². The summed E-state index contributed by atoms with van der Waals surface area (Å²) in [5, 5.41) is 24.9. The maximum atomic E-state index is 12.3. The van der Waals surface area contributed by atoms with E-state index in [0.717, 1.165) is 5.56 Å². The molecule has 7 nitrogen and oxygen atoms in total. The van der Waals surface area contributed by atoms with E-state index in [1.807, 2.05) is 11.6 Å². The predicted molar refractivity (Wildman–Crippen MR) is 94.7 cm³/mol. The fraction of sp³-hybridized carbons (Fsp3) is 0.0667.